The highest BCUT2D eigenvalue weighted by Gasteiger charge is 2.12. The first-order chi connectivity index (χ1) is 11.1. The number of halogens is 1. The Morgan fingerprint density at radius 3 is 2.52 bits per heavy atom. The molecule has 2 aromatic rings. The smallest absolute Gasteiger partial charge is 0.339 e. The lowest BCUT2D eigenvalue weighted by atomic mass is 10.2. The van der Waals surface area contributed by atoms with Crippen molar-refractivity contribution < 1.29 is 14.3 Å². The summed E-state index contributed by atoms with van der Waals surface area (Å²) in [5.41, 5.74) is 1.61. The molecule has 0 saturated heterocycles. The van der Waals surface area contributed by atoms with Gasteiger partial charge in [0.1, 0.15) is 0 Å². The zero-order valence-corrected chi connectivity index (χ0v) is 14.0. The Hall–Kier alpha value is -2.60. The number of para-hydroxylation sites is 1. The van der Waals surface area contributed by atoms with Gasteiger partial charge < -0.3 is 15.4 Å². The average Bonchev–Trinajstić information content (AvgIpc) is 2.56. The van der Waals surface area contributed by atoms with Crippen molar-refractivity contribution >= 4 is 39.7 Å². The second-order valence-corrected chi connectivity index (χ2v) is 5.34. The Balaban J connectivity index is 2.01. The zero-order valence-electron chi connectivity index (χ0n) is 12.4. The van der Waals surface area contributed by atoms with Gasteiger partial charge in [-0.15, -0.1) is 0 Å². The molecule has 2 amide bonds. The van der Waals surface area contributed by atoms with E-state index in [1.165, 1.54) is 13.3 Å². The van der Waals surface area contributed by atoms with Gasteiger partial charge in [-0.3, -0.25) is 0 Å². The highest BCUT2D eigenvalue weighted by molar-refractivity contribution is 9.10. The lowest BCUT2D eigenvalue weighted by Gasteiger charge is -2.09. The molecule has 0 spiro atoms. The molecule has 2 aromatic carbocycles. The third kappa shape index (κ3) is 4.69. The fourth-order valence-electron chi connectivity index (χ4n) is 1.86. The van der Waals surface area contributed by atoms with E-state index in [-0.39, 0.29) is 0 Å². The van der Waals surface area contributed by atoms with Gasteiger partial charge in [0.15, 0.2) is 0 Å². The summed E-state index contributed by atoms with van der Waals surface area (Å²) >= 11 is 3.42. The third-order valence-electron chi connectivity index (χ3n) is 2.96. The van der Waals surface area contributed by atoms with Crippen LogP contribution < -0.4 is 10.6 Å². The van der Waals surface area contributed by atoms with Crippen molar-refractivity contribution in [3.8, 4) is 0 Å². The van der Waals surface area contributed by atoms with E-state index in [9.17, 15) is 9.59 Å². The molecule has 0 aliphatic heterocycles. The molecule has 0 aliphatic carbocycles. The summed E-state index contributed by atoms with van der Waals surface area (Å²) in [6, 6.07) is 13.8. The van der Waals surface area contributed by atoms with Crippen molar-refractivity contribution in [2.45, 2.75) is 0 Å². The maximum atomic E-state index is 11.9. The van der Waals surface area contributed by atoms with Crippen molar-refractivity contribution in [1.29, 1.82) is 0 Å². The van der Waals surface area contributed by atoms with E-state index in [1.54, 1.807) is 30.3 Å². The lowest BCUT2D eigenvalue weighted by molar-refractivity contribution is 0.0602. The van der Waals surface area contributed by atoms with Crippen molar-refractivity contribution in [1.82, 2.24) is 5.32 Å². The van der Waals surface area contributed by atoms with Crippen LogP contribution in [0.3, 0.4) is 0 Å². The number of esters is 1. The van der Waals surface area contributed by atoms with Gasteiger partial charge in [0.25, 0.3) is 0 Å². The van der Waals surface area contributed by atoms with E-state index < -0.39 is 12.0 Å². The number of urea groups is 1. The van der Waals surface area contributed by atoms with E-state index in [4.69, 9.17) is 0 Å². The second-order valence-electron chi connectivity index (χ2n) is 4.49. The summed E-state index contributed by atoms with van der Waals surface area (Å²) in [5.74, 6) is -0.510. The summed E-state index contributed by atoms with van der Waals surface area (Å²) in [5, 5.41) is 5.20. The van der Waals surface area contributed by atoms with E-state index in [1.807, 2.05) is 24.3 Å². The Morgan fingerprint density at radius 1 is 1.09 bits per heavy atom. The van der Waals surface area contributed by atoms with Crippen molar-refractivity contribution in [3.63, 3.8) is 0 Å². The number of hydrogen-bond donors (Lipinski definition) is 2. The van der Waals surface area contributed by atoms with Crippen LogP contribution in [0.2, 0.25) is 0 Å². The topological polar surface area (TPSA) is 67.4 Å². The van der Waals surface area contributed by atoms with Gasteiger partial charge >= 0.3 is 12.0 Å². The molecule has 2 rings (SSSR count). The molecule has 118 valence electrons. The monoisotopic (exact) mass is 374 g/mol. The first-order valence-electron chi connectivity index (χ1n) is 6.77. The van der Waals surface area contributed by atoms with Crippen LogP contribution in [0, 0.1) is 0 Å². The minimum Gasteiger partial charge on any atom is -0.465 e. The van der Waals surface area contributed by atoms with Gasteiger partial charge in [0.2, 0.25) is 0 Å². The molecule has 0 saturated carbocycles. The van der Waals surface area contributed by atoms with Crippen LogP contribution in [0.25, 0.3) is 6.08 Å². The van der Waals surface area contributed by atoms with Gasteiger partial charge in [-0.05, 0) is 29.8 Å². The minimum atomic E-state index is -0.510. The van der Waals surface area contributed by atoms with Crippen molar-refractivity contribution in [2.75, 3.05) is 12.4 Å². The van der Waals surface area contributed by atoms with Gasteiger partial charge in [0.05, 0.1) is 18.4 Å². The summed E-state index contributed by atoms with van der Waals surface area (Å²) in [6.07, 6.45) is 3.28. The fourth-order valence-corrected chi connectivity index (χ4v) is 2.27. The Morgan fingerprint density at radius 2 is 1.78 bits per heavy atom. The van der Waals surface area contributed by atoms with Crippen LogP contribution in [0.1, 0.15) is 15.9 Å². The summed E-state index contributed by atoms with van der Waals surface area (Å²) in [4.78, 5) is 23.6. The van der Waals surface area contributed by atoms with Crippen LogP contribution in [0.4, 0.5) is 10.5 Å². The van der Waals surface area contributed by atoms with Crippen LogP contribution in [-0.2, 0) is 4.74 Å². The van der Waals surface area contributed by atoms with Crippen LogP contribution in [0.15, 0.2) is 59.2 Å². The Bertz CT molecular complexity index is 744. The van der Waals surface area contributed by atoms with Gasteiger partial charge in [-0.1, -0.05) is 46.3 Å². The Kier molecular flexibility index (Phi) is 5.94. The van der Waals surface area contributed by atoms with Gasteiger partial charge in [-0.25, -0.2) is 9.59 Å². The maximum absolute atomic E-state index is 11.9. The molecule has 0 unspecified atom stereocenters. The summed E-state index contributed by atoms with van der Waals surface area (Å²) in [6.45, 7) is 0. The van der Waals surface area contributed by atoms with Crippen molar-refractivity contribution in [2.24, 2.45) is 0 Å². The molecule has 0 aliphatic rings. The molecular formula is C17H15BrN2O3. The molecule has 2 N–H and O–H groups in total. The van der Waals surface area contributed by atoms with Crippen molar-refractivity contribution in [3.05, 3.63) is 70.3 Å². The molecule has 0 radical (unpaired) electrons. The molecule has 0 aromatic heterocycles. The van der Waals surface area contributed by atoms with Gasteiger partial charge in [-0.2, -0.15) is 0 Å². The van der Waals surface area contributed by atoms with Gasteiger partial charge in [0, 0.05) is 10.7 Å². The van der Waals surface area contributed by atoms with Crippen LogP contribution in [0.5, 0.6) is 0 Å². The van der Waals surface area contributed by atoms with E-state index in [0.717, 1.165) is 10.0 Å². The lowest BCUT2D eigenvalue weighted by Crippen LogP contribution is -2.25. The summed E-state index contributed by atoms with van der Waals surface area (Å²) in [7, 11) is 1.29. The van der Waals surface area contributed by atoms with Crippen LogP contribution in [-0.4, -0.2) is 19.1 Å². The number of nitrogens with one attached hydrogen (secondary N) is 2. The largest absolute Gasteiger partial charge is 0.465 e. The fraction of sp³-hybridized carbons (Fsp3) is 0.0588. The molecule has 6 heteroatoms. The number of rotatable bonds is 4. The number of carbonyl (C=O) groups is 2. The highest BCUT2D eigenvalue weighted by Crippen LogP contribution is 2.17. The predicted molar refractivity (Wildman–Crippen MR) is 93.1 cm³/mol. The van der Waals surface area contributed by atoms with E-state index in [0.29, 0.717) is 11.3 Å². The van der Waals surface area contributed by atoms with Crippen LogP contribution >= 0.6 is 15.9 Å². The standard InChI is InChI=1S/C17H15BrN2O3/c1-23-16(21)13-7-3-5-9-15(13)20-17(22)19-11-10-12-6-2-4-8-14(12)18/h2-11H,1H3,(H2,19,20,22)/b11-10+. The maximum Gasteiger partial charge on any atom is 0.339 e. The summed E-state index contributed by atoms with van der Waals surface area (Å²) < 4.78 is 5.61. The predicted octanol–water partition coefficient (Wildman–Crippen LogP) is 4.03. The molecular weight excluding hydrogens is 360 g/mol. The molecule has 0 fully saturated rings. The number of benzene rings is 2. The van der Waals surface area contributed by atoms with E-state index >= 15 is 0 Å². The second kappa shape index (κ2) is 8.14. The minimum absolute atomic E-state index is 0.292. The number of carbonyl (C=O) groups excluding carboxylic acids is 2. The molecule has 0 atom stereocenters. The molecule has 0 bridgehead atoms. The third-order valence-corrected chi connectivity index (χ3v) is 3.69. The number of hydrogen-bond acceptors (Lipinski definition) is 3. The number of amides is 2. The van der Waals surface area contributed by atoms with E-state index in [2.05, 4.69) is 31.3 Å². The average molecular weight is 375 g/mol. The molecule has 23 heavy (non-hydrogen) atoms. The Labute approximate surface area is 142 Å². The highest BCUT2D eigenvalue weighted by atomic mass is 79.9. The molecule has 5 nitrogen and oxygen atoms in total. The first kappa shape index (κ1) is 16.8. The number of methoxy groups -OCH3 is 1. The first-order valence-corrected chi connectivity index (χ1v) is 7.57. The normalized spacial score (nSPS) is 10.3. The quantitative estimate of drug-likeness (QED) is 0.793. The molecule has 0 heterocycles. The number of ether oxygens (including phenoxy) is 1. The SMILES string of the molecule is COC(=O)c1ccccc1NC(=O)N/C=C/c1ccccc1Br. The number of anilines is 1. The zero-order chi connectivity index (χ0) is 16.7.